The van der Waals surface area contributed by atoms with E-state index in [1.165, 1.54) is 23.1 Å². The summed E-state index contributed by atoms with van der Waals surface area (Å²) in [5.74, 6) is 4.20. The van der Waals surface area contributed by atoms with Crippen molar-refractivity contribution >= 4 is 11.6 Å². The number of nitrogens with zero attached hydrogens (tertiary/aromatic N) is 2. The first kappa shape index (κ1) is 12.9. The quantitative estimate of drug-likeness (QED) is 0.605. The Kier molecular flexibility index (Phi) is 4.43. The van der Waals surface area contributed by atoms with Crippen LogP contribution in [0, 0.1) is 17.1 Å². The van der Waals surface area contributed by atoms with Crippen LogP contribution in [-0.4, -0.2) is 24.4 Å². The number of nitrogens with two attached hydrogens (primary N) is 1. The van der Waals surface area contributed by atoms with Crippen molar-refractivity contribution in [2.75, 3.05) is 19.0 Å². The third-order valence-electron chi connectivity index (χ3n) is 2.29. The molecule has 0 heterocycles. The maximum atomic E-state index is 13.4. The molecule has 0 aliphatic heterocycles. The van der Waals surface area contributed by atoms with Gasteiger partial charge in [0.15, 0.2) is 0 Å². The summed E-state index contributed by atoms with van der Waals surface area (Å²) in [6.45, 7) is 0.288. The predicted molar refractivity (Wildman–Crippen MR) is 61.4 cm³/mol. The third kappa shape index (κ3) is 2.92. The Morgan fingerprint density at radius 3 is 2.94 bits per heavy atom. The second-order valence-electron chi connectivity index (χ2n) is 3.44. The summed E-state index contributed by atoms with van der Waals surface area (Å²) >= 11 is 0. The Morgan fingerprint density at radius 2 is 2.35 bits per heavy atom. The molecule has 0 saturated carbocycles. The molecule has 0 aliphatic rings. The largest absolute Gasteiger partial charge is 0.341 e. The normalized spacial score (nSPS) is 9.53. The topological polar surface area (TPSA) is 82.2 Å². The molecule has 3 N–H and O–H groups in total. The molecule has 0 aromatic heterocycles. The molecule has 0 unspecified atom stereocenters. The third-order valence-corrected chi connectivity index (χ3v) is 2.29. The molecular weight excluding hydrogens is 223 g/mol. The molecule has 1 rings (SSSR count). The summed E-state index contributed by atoms with van der Waals surface area (Å²) in [4.78, 5) is 13.3. The van der Waals surface area contributed by atoms with E-state index in [1.54, 1.807) is 7.05 Å². The van der Waals surface area contributed by atoms with Gasteiger partial charge in [0.1, 0.15) is 5.82 Å². The first-order valence-corrected chi connectivity index (χ1v) is 4.99. The maximum absolute atomic E-state index is 13.4. The average molecular weight is 236 g/mol. The van der Waals surface area contributed by atoms with Gasteiger partial charge in [-0.3, -0.25) is 10.6 Å². The zero-order valence-corrected chi connectivity index (χ0v) is 9.40. The lowest BCUT2D eigenvalue weighted by Crippen LogP contribution is -2.29. The van der Waals surface area contributed by atoms with Gasteiger partial charge in [0.25, 0.3) is 5.91 Å². The molecule has 0 aliphatic carbocycles. The first-order valence-electron chi connectivity index (χ1n) is 4.99. The van der Waals surface area contributed by atoms with Gasteiger partial charge in [-0.05, 0) is 12.1 Å². The molecule has 0 radical (unpaired) electrons. The van der Waals surface area contributed by atoms with Crippen LogP contribution in [0.1, 0.15) is 16.8 Å². The van der Waals surface area contributed by atoms with Crippen LogP contribution >= 0.6 is 0 Å². The lowest BCUT2D eigenvalue weighted by atomic mass is 10.1. The molecule has 90 valence electrons. The number of carbonyl (C=O) groups is 1. The van der Waals surface area contributed by atoms with Crippen molar-refractivity contribution in [2.24, 2.45) is 5.84 Å². The number of hydrogen-bond acceptors (Lipinski definition) is 4. The summed E-state index contributed by atoms with van der Waals surface area (Å²) in [5, 5.41) is 8.43. The molecule has 1 aromatic rings. The number of nitrogen functional groups attached to an aromatic ring is 1. The molecule has 1 aromatic carbocycles. The van der Waals surface area contributed by atoms with Gasteiger partial charge in [0.05, 0.1) is 23.7 Å². The van der Waals surface area contributed by atoms with Gasteiger partial charge in [-0.15, -0.1) is 0 Å². The minimum absolute atomic E-state index is 0.0405. The van der Waals surface area contributed by atoms with Gasteiger partial charge in [0, 0.05) is 13.6 Å². The van der Waals surface area contributed by atoms with Crippen molar-refractivity contribution in [3.8, 4) is 6.07 Å². The molecule has 5 nitrogen and oxygen atoms in total. The van der Waals surface area contributed by atoms with E-state index in [0.717, 1.165) is 0 Å². The molecule has 1 amide bonds. The van der Waals surface area contributed by atoms with E-state index in [2.05, 4.69) is 5.43 Å². The van der Waals surface area contributed by atoms with Gasteiger partial charge in [0.2, 0.25) is 0 Å². The van der Waals surface area contributed by atoms with Gasteiger partial charge >= 0.3 is 0 Å². The van der Waals surface area contributed by atoms with Crippen molar-refractivity contribution < 1.29 is 9.18 Å². The lowest BCUT2D eigenvalue weighted by molar-refractivity contribution is 0.0798. The van der Waals surface area contributed by atoms with Crippen LogP contribution in [0.3, 0.4) is 0 Å². The van der Waals surface area contributed by atoms with E-state index in [-0.39, 0.29) is 30.1 Å². The molecule has 0 bridgehead atoms. The van der Waals surface area contributed by atoms with E-state index >= 15 is 0 Å². The Labute approximate surface area is 98.6 Å². The van der Waals surface area contributed by atoms with Crippen molar-refractivity contribution in [2.45, 2.75) is 6.42 Å². The fourth-order valence-electron chi connectivity index (χ4n) is 1.37. The molecule has 6 heteroatoms. The van der Waals surface area contributed by atoms with Crippen molar-refractivity contribution in [1.29, 1.82) is 5.26 Å². The fourth-order valence-corrected chi connectivity index (χ4v) is 1.37. The number of carbonyl (C=O) groups excluding carboxylic acids is 1. The minimum atomic E-state index is -0.591. The number of amides is 1. The summed E-state index contributed by atoms with van der Waals surface area (Å²) < 4.78 is 13.4. The number of anilines is 1. The summed E-state index contributed by atoms with van der Waals surface area (Å²) in [5.41, 5.74) is 2.27. The highest BCUT2D eigenvalue weighted by Gasteiger charge is 2.17. The van der Waals surface area contributed by atoms with Gasteiger partial charge in [-0.2, -0.15) is 5.26 Å². The molecule has 17 heavy (non-hydrogen) atoms. The monoisotopic (exact) mass is 236 g/mol. The van der Waals surface area contributed by atoms with Crippen molar-refractivity contribution in [1.82, 2.24) is 4.90 Å². The predicted octanol–water partition coefficient (Wildman–Crippen LogP) is 1.10. The molecular formula is C11H13FN4O. The van der Waals surface area contributed by atoms with Crippen LogP contribution in [0.25, 0.3) is 0 Å². The zero-order chi connectivity index (χ0) is 12.8. The van der Waals surface area contributed by atoms with Crippen molar-refractivity contribution in [3.63, 3.8) is 0 Å². The van der Waals surface area contributed by atoms with Crippen molar-refractivity contribution in [3.05, 3.63) is 29.6 Å². The number of hydrazine groups is 1. The Morgan fingerprint density at radius 1 is 1.65 bits per heavy atom. The summed E-state index contributed by atoms with van der Waals surface area (Å²) in [6, 6.07) is 6.05. The Hall–Kier alpha value is -2.13. The van der Waals surface area contributed by atoms with Crippen LogP contribution < -0.4 is 11.3 Å². The molecule has 0 spiro atoms. The number of para-hydroxylation sites is 1. The van der Waals surface area contributed by atoms with E-state index in [0.29, 0.717) is 0 Å². The second-order valence-corrected chi connectivity index (χ2v) is 3.44. The number of halogens is 1. The molecule has 0 saturated heterocycles. The fraction of sp³-hybridized carbons (Fsp3) is 0.273. The van der Waals surface area contributed by atoms with Gasteiger partial charge in [-0.25, -0.2) is 4.39 Å². The summed E-state index contributed by atoms with van der Waals surface area (Å²) in [6.07, 6.45) is 0.225. The zero-order valence-electron chi connectivity index (χ0n) is 9.40. The highest BCUT2D eigenvalue weighted by atomic mass is 19.1. The summed E-state index contributed by atoms with van der Waals surface area (Å²) in [7, 11) is 1.55. The van der Waals surface area contributed by atoms with E-state index < -0.39 is 5.82 Å². The number of nitrogens with one attached hydrogen (secondary N) is 1. The first-order chi connectivity index (χ1) is 8.11. The lowest BCUT2D eigenvalue weighted by Gasteiger charge is -2.17. The smallest absolute Gasteiger partial charge is 0.255 e. The maximum Gasteiger partial charge on any atom is 0.255 e. The SMILES string of the molecule is CN(CCC#N)C(=O)c1cccc(F)c1NN. The Balaban J connectivity index is 2.96. The standard InChI is InChI=1S/C11H13FN4O/c1-16(7-3-6-13)11(17)8-4-2-5-9(12)10(8)15-14/h2,4-5,15H,3,7,14H2,1H3. The molecule has 0 fully saturated rings. The van der Waals surface area contributed by atoms with E-state index in [1.807, 2.05) is 6.07 Å². The highest BCUT2D eigenvalue weighted by Crippen LogP contribution is 2.19. The Bertz CT molecular complexity index is 455. The number of nitriles is 1. The molecule has 0 atom stereocenters. The van der Waals surface area contributed by atoms with Crippen LogP contribution in [0.15, 0.2) is 18.2 Å². The number of benzene rings is 1. The van der Waals surface area contributed by atoms with E-state index in [9.17, 15) is 9.18 Å². The van der Waals surface area contributed by atoms with Gasteiger partial charge < -0.3 is 10.3 Å². The van der Waals surface area contributed by atoms with Gasteiger partial charge in [-0.1, -0.05) is 6.07 Å². The average Bonchev–Trinajstić information content (AvgIpc) is 2.34. The van der Waals surface area contributed by atoms with Crippen LogP contribution in [0.4, 0.5) is 10.1 Å². The van der Waals surface area contributed by atoms with Crippen LogP contribution in [-0.2, 0) is 0 Å². The minimum Gasteiger partial charge on any atom is -0.341 e. The van der Waals surface area contributed by atoms with Crippen LogP contribution in [0.5, 0.6) is 0 Å². The number of hydrogen-bond donors (Lipinski definition) is 2. The second kappa shape index (κ2) is 5.82. The van der Waals surface area contributed by atoms with E-state index in [4.69, 9.17) is 11.1 Å². The van der Waals surface area contributed by atoms with Crippen LogP contribution in [0.2, 0.25) is 0 Å². The highest BCUT2D eigenvalue weighted by molar-refractivity contribution is 5.99. The number of rotatable bonds is 4.